The summed E-state index contributed by atoms with van der Waals surface area (Å²) < 4.78 is 14.2. The van der Waals surface area contributed by atoms with Gasteiger partial charge in [0.25, 0.3) is 0 Å². The molecule has 2 aromatic heterocycles. The summed E-state index contributed by atoms with van der Waals surface area (Å²) in [4.78, 5) is 2.38. The van der Waals surface area contributed by atoms with E-state index in [-0.39, 0.29) is 0 Å². The number of anilines is 3. The van der Waals surface area contributed by atoms with E-state index in [1.165, 1.54) is 38.9 Å². The van der Waals surface area contributed by atoms with Crippen molar-refractivity contribution in [1.29, 1.82) is 0 Å². The molecule has 72 heavy (non-hydrogen) atoms. The third-order valence-electron chi connectivity index (χ3n) is 15.3. The molecule has 0 radical (unpaired) electrons. The van der Waals surface area contributed by atoms with Gasteiger partial charge < -0.3 is 13.7 Å². The standard InChI is InChI=1S/C69H43NO2/c1-3-20-47(21-4-1)69(48-22-5-2-6-23-48)61-33-13-11-26-53(61)55-29-15-28-50(64(55)69)46-36-40-49(41-37-46)70(63-35-17-32-58-60-43-39-45-19-8-10-25-52(45)66(60)72-68(58)63)62-34-14-12-27-54(62)56-30-16-31-57-59-42-38-44-18-7-9-24-51(44)65(59)71-67(56)57/h1-43H. The molecule has 0 saturated heterocycles. The monoisotopic (exact) mass is 917 g/mol. The molecule has 1 aliphatic carbocycles. The number of hydrogen-bond donors (Lipinski definition) is 0. The Kier molecular flexibility index (Phi) is 8.87. The van der Waals surface area contributed by atoms with Gasteiger partial charge >= 0.3 is 0 Å². The number of fused-ring (bicyclic) bond motifs is 13. The molecule has 12 aromatic carbocycles. The van der Waals surface area contributed by atoms with Crippen LogP contribution in [-0.4, -0.2) is 0 Å². The van der Waals surface area contributed by atoms with Gasteiger partial charge in [-0.05, 0) is 91.7 Å². The zero-order valence-corrected chi connectivity index (χ0v) is 39.1. The molecule has 0 amide bonds. The zero-order valence-electron chi connectivity index (χ0n) is 39.1. The lowest BCUT2D eigenvalue weighted by molar-refractivity contribution is 0.673. The lowest BCUT2D eigenvalue weighted by Gasteiger charge is -2.35. The molecular weight excluding hydrogens is 875 g/mol. The number of benzene rings is 12. The van der Waals surface area contributed by atoms with Crippen molar-refractivity contribution in [2.24, 2.45) is 0 Å². The maximum Gasteiger partial charge on any atom is 0.159 e. The van der Waals surface area contributed by atoms with Crippen LogP contribution in [-0.2, 0) is 5.41 Å². The van der Waals surface area contributed by atoms with Crippen LogP contribution in [0.5, 0.6) is 0 Å². The second-order valence-corrected chi connectivity index (χ2v) is 19.0. The first-order chi connectivity index (χ1) is 35.7. The summed E-state index contributed by atoms with van der Waals surface area (Å²) in [7, 11) is 0. The van der Waals surface area contributed by atoms with Crippen LogP contribution < -0.4 is 4.90 Å². The second kappa shape index (κ2) is 15.8. The van der Waals surface area contributed by atoms with Crippen molar-refractivity contribution in [3.05, 3.63) is 283 Å². The Morgan fingerprint density at radius 3 is 1.44 bits per heavy atom. The summed E-state index contributed by atoms with van der Waals surface area (Å²) in [5, 5.41) is 8.85. The van der Waals surface area contributed by atoms with Crippen LogP contribution in [0.2, 0.25) is 0 Å². The van der Waals surface area contributed by atoms with Crippen molar-refractivity contribution in [3.63, 3.8) is 0 Å². The molecule has 3 nitrogen and oxygen atoms in total. The molecule has 1 aliphatic rings. The average molecular weight is 918 g/mol. The molecule has 0 bridgehead atoms. The molecule has 0 N–H and O–H groups in total. The second-order valence-electron chi connectivity index (χ2n) is 19.0. The van der Waals surface area contributed by atoms with Crippen LogP contribution in [0.1, 0.15) is 22.3 Å². The van der Waals surface area contributed by atoms with Gasteiger partial charge in [0, 0.05) is 49.1 Å². The molecule has 14 aromatic rings. The third-order valence-corrected chi connectivity index (χ3v) is 15.3. The van der Waals surface area contributed by atoms with Gasteiger partial charge in [-0.2, -0.15) is 0 Å². The van der Waals surface area contributed by atoms with E-state index in [1.54, 1.807) is 0 Å². The highest BCUT2D eigenvalue weighted by Crippen LogP contribution is 2.59. The highest BCUT2D eigenvalue weighted by atomic mass is 16.3. The van der Waals surface area contributed by atoms with Crippen molar-refractivity contribution >= 4 is 82.5 Å². The molecule has 0 spiro atoms. The Balaban J connectivity index is 0.963. The predicted molar refractivity (Wildman–Crippen MR) is 299 cm³/mol. The summed E-state index contributed by atoms with van der Waals surface area (Å²) in [6.07, 6.45) is 0. The molecule has 15 rings (SSSR count). The van der Waals surface area contributed by atoms with Gasteiger partial charge in [-0.25, -0.2) is 0 Å². The number of rotatable bonds is 7. The van der Waals surface area contributed by atoms with E-state index in [9.17, 15) is 0 Å². The van der Waals surface area contributed by atoms with E-state index in [0.717, 1.165) is 99.2 Å². The predicted octanol–water partition coefficient (Wildman–Crippen LogP) is 19.0. The molecule has 0 aliphatic heterocycles. The molecule has 2 heterocycles. The minimum Gasteiger partial charge on any atom is -0.455 e. The summed E-state index contributed by atoms with van der Waals surface area (Å²) >= 11 is 0. The smallest absolute Gasteiger partial charge is 0.159 e. The number of hydrogen-bond acceptors (Lipinski definition) is 3. The van der Waals surface area contributed by atoms with E-state index in [1.807, 2.05) is 0 Å². The van der Waals surface area contributed by atoms with Crippen molar-refractivity contribution in [2.75, 3.05) is 4.90 Å². The average Bonchev–Trinajstić information content (AvgIpc) is 4.14. The van der Waals surface area contributed by atoms with Gasteiger partial charge in [0.15, 0.2) is 5.58 Å². The molecule has 0 unspecified atom stereocenters. The van der Waals surface area contributed by atoms with Crippen LogP contribution in [0.15, 0.2) is 270 Å². The lowest BCUT2D eigenvalue weighted by atomic mass is 9.66. The van der Waals surface area contributed by atoms with E-state index < -0.39 is 5.41 Å². The normalized spacial score (nSPS) is 12.8. The molecule has 336 valence electrons. The lowest BCUT2D eigenvalue weighted by Crippen LogP contribution is -2.29. The van der Waals surface area contributed by atoms with Gasteiger partial charge in [0.2, 0.25) is 0 Å². The highest BCUT2D eigenvalue weighted by Gasteiger charge is 2.47. The third kappa shape index (κ3) is 5.79. The van der Waals surface area contributed by atoms with E-state index >= 15 is 0 Å². The maximum absolute atomic E-state index is 7.14. The number of furan rings is 2. The Morgan fingerprint density at radius 1 is 0.278 bits per heavy atom. The van der Waals surface area contributed by atoms with Crippen molar-refractivity contribution in [1.82, 2.24) is 0 Å². The van der Waals surface area contributed by atoms with Crippen LogP contribution in [0.3, 0.4) is 0 Å². The number of nitrogens with zero attached hydrogens (tertiary/aromatic N) is 1. The van der Waals surface area contributed by atoms with Crippen LogP contribution >= 0.6 is 0 Å². The fourth-order valence-electron chi connectivity index (χ4n) is 12.3. The Bertz CT molecular complexity index is 4410. The summed E-state index contributed by atoms with van der Waals surface area (Å²) in [6.45, 7) is 0. The zero-order chi connectivity index (χ0) is 47.3. The topological polar surface area (TPSA) is 29.5 Å². The minimum absolute atomic E-state index is 0.542. The van der Waals surface area contributed by atoms with Crippen LogP contribution in [0, 0.1) is 0 Å². The van der Waals surface area contributed by atoms with Gasteiger partial charge in [-0.3, -0.25) is 0 Å². The van der Waals surface area contributed by atoms with Crippen molar-refractivity contribution in [3.8, 4) is 33.4 Å². The quantitative estimate of drug-likeness (QED) is 0.160. The molecule has 0 atom stereocenters. The highest BCUT2D eigenvalue weighted by molar-refractivity contribution is 6.19. The summed E-state index contributed by atoms with van der Waals surface area (Å²) in [6, 6.07) is 94.6. The van der Waals surface area contributed by atoms with E-state index in [2.05, 4.69) is 266 Å². The maximum atomic E-state index is 7.14. The Hall–Kier alpha value is -9.44. The fraction of sp³-hybridized carbons (Fsp3) is 0.0145. The summed E-state index contributed by atoms with van der Waals surface area (Å²) in [5.74, 6) is 0. The van der Waals surface area contributed by atoms with E-state index in [4.69, 9.17) is 8.83 Å². The van der Waals surface area contributed by atoms with Crippen LogP contribution in [0.4, 0.5) is 17.1 Å². The molecule has 0 saturated carbocycles. The van der Waals surface area contributed by atoms with Gasteiger partial charge in [0.05, 0.1) is 16.8 Å². The first kappa shape index (κ1) is 40.4. The van der Waals surface area contributed by atoms with Gasteiger partial charge in [-0.15, -0.1) is 0 Å². The molecular formula is C69H43NO2. The fourth-order valence-corrected chi connectivity index (χ4v) is 12.3. The SMILES string of the molecule is c1ccc(C2(c3ccccc3)c3ccccc3-c3cccc(-c4ccc(N(c5ccccc5-c5cccc6c5oc5c7ccccc7ccc65)c5cccc6c5oc5c7ccccc7ccc65)cc4)c32)cc1. The molecule has 0 fully saturated rings. The Morgan fingerprint density at radius 2 is 0.750 bits per heavy atom. The minimum atomic E-state index is -0.542. The van der Waals surface area contributed by atoms with Gasteiger partial charge in [-0.1, -0.05) is 224 Å². The van der Waals surface area contributed by atoms with E-state index in [0.29, 0.717) is 0 Å². The number of para-hydroxylation sites is 3. The van der Waals surface area contributed by atoms with Crippen molar-refractivity contribution in [2.45, 2.75) is 5.41 Å². The Labute approximate surface area is 416 Å². The first-order valence-corrected chi connectivity index (χ1v) is 24.7. The first-order valence-electron chi connectivity index (χ1n) is 24.7. The summed E-state index contributed by atoms with van der Waals surface area (Å²) in [5.41, 5.74) is 17.9. The largest absolute Gasteiger partial charge is 0.455 e. The van der Waals surface area contributed by atoms with Crippen LogP contribution in [0.25, 0.3) is 98.8 Å². The molecule has 3 heteroatoms. The van der Waals surface area contributed by atoms with Gasteiger partial charge in [0.1, 0.15) is 16.7 Å². The van der Waals surface area contributed by atoms with Crippen molar-refractivity contribution < 1.29 is 8.83 Å².